The average Bonchev–Trinajstić information content (AvgIpc) is 2.57. The quantitative estimate of drug-likeness (QED) is 0.516. The van der Waals surface area contributed by atoms with Crippen LogP contribution in [0.3, 0.4) is 0 Å². The molecule has 0 heterocycles. The molecule has 0 fully saturated rings. The summed E-state index contributed by atoms with van der Waals surface area (Å²) in [5, 5.41) is 11.6. The maximum absolute atomic E-state index is 11.8. The first kappa shape index (κ1) is 21.8. The number of carboxylic acids is 1. The van der Waals surface area contributed by atoms with E-state index < -0.39 is 37.9 Å². The lowest BCUT2D eigenvalue weighted by atomic mass is 10.1. The molecule has 2 N–H and O–H groups in total. The van der Waals surface area contributed by atoms with Gasteiger partial charge >= 0.3 is 17.8 Å². The molecule has 0 aromatic heterocycles. The van der Waals surface area contributed by atoms with E-state index in [4.69, 9.17) is 18.9 Å². The lowest BCUT2D eigenvalue weighted by Gasteiger charge is -2.24. The van der Waals surface area contributed by atoms with Crippen LogP contribution < -0.4 is 10.1 Å². The molecule has 0 aliphatic heterocycles. The fraction of sp³-hybridized carbons (Fsp3) is 0.500. The largest absolute Gasteiger partial charge is 0.479 e. The number of rotatable bonds is 8. The Hall–Kier alpha value is -2.22. The molecule has 0 saturated carbocycles. The number of hydrogen-bond acceptors (Lipinski definition) is 7. The molecule has 0 aliphatic carbocycles. The highest BCUT2D eigenvalue weighted by Crippen LogP contribution is 2.30. The van der Waals surface area contributed by atoms with Gasteiger partial charge in [-0.05, 0) is 38.5 Å². The number of amides is 1. The van der Waals surface area contributed by atoms with Crippen molar-refractivity contribution in [3.05, 3.63) is 29.8 Å². The van der Waals surface area contributed by atoms with E-state index in [-0.39, 0.29) is 11.3 Å². The highest BCUT2D eigenvalue weighted by Gasteiger charge is 2.34. The van der Waals surface area contributed by atoms with Gasteiger partial charge in [0, 0.05) is 14.2 Å². The van der Waals surface area contributed by atoms with Crippen LogP contribution in [-0.2, 0) is 23.6 Å². The summed E-state index contributed by atoms with van der Waals surface area (Å²) in [5.74, 6) is -1.03. The van der Waals surface area contributed by atoms with Gasteiger partial charge in [-0.3, -0.25) is 4.57 Å². The van der Waals surface area contributed by atoms with Crippen LogP contribution in [0.15, 0.2) is 24.3 Å². The molecular weight excluding hydrogens is 365 g/mol. The van der Waals surface area contributed by atoms with Crippen LogP contribution in [0.5, 0.6) is 5.75 Å². The van der Waals surface area contributed by atoms with E-state index in [1.807, 2.05) is 0 Å². The molecule has 10 heteroatoms. The van der Waals surface area contributed by atoms with Gasteiger partial charge in [-0.25, -0.2) is 9.59 Å². The third-order valence-corrected chi connectivity index (χ3v) is 3.68. The van der Waals surface area contributed by atoms with E-state index in [0.29, 0.717) is 0 Å². The fourth-order valence-corrected chi connectivity index (χ4v) is 2.14. The molecule has 0 spiro atoms. The van der Waals surface area contributed by atoms with Gasteiger partial charge in [0.1, 0.15) is 11.4 Å². The van der Waals surface area contributed by atoms with Crippen molar-refractivity contribution >= 4 is 20.5 Å². The summed E-state index contributed by atoms with van der Waals surface area (Å²) in [7, 11) is 1.96. The molecule has 26 heavy (non-hydrogen) atoms. The predicted octanol–water partition coefficient (Wildman–Crippen LogP) is 2.91. The molecule has 1 unspecified atom stereocenters. The van der Waals surface area contributed by atoms with Crippen molar-refractivity contribution in [3.8, 4) is 5.75 Å². The number of carbonyl (C=O) groups excluding carboxylic acids is 1. The molecule has 0 radical (unpaired) electrons. The molecule has 1 amide bonds. The molecule has 0 aliphatic rings. The first-order valence-corrected chi connectivity index (χ1v) is 8.33. The first-order valence-electron chi connectivity index (χ1n) is 7.52. The van der Waals surface area contributed by atoms with Gasteiger partial charge in [0.05, 0.1) is 0 Å². The van der Waals surface area contributed by atoms with Crippen LogP contribution in [0.4, 0.5) is 4.79 Å². The molecule has 0 saturated heterocycles. The second-order valence-electron chi connectivity index (χ2n) is 6.11. The maximum Gasteiger partial charge on any atom is 0.412 e. The number of nitrogens with one attached hydrogen (secondary N) is 1. The zero-order valence-corrected chi connectivity index (χ0v) is 16.0. The standard InChI is InChI=1S/C16H22NO8P/c1-15(2,3)25-14(20)17-12(13(18)19)10-6-8-11(9-7-10)24-16(22-4,23-5)26-21/h6-9,12H,1-5H3,(H,17,20)(H,18,19). The van der Waals surface area contributed by atoms with Crippen molar-refractivity contribution in [3.63, 3.8) is 0 Å². The maximum atomic E-state index is 11.8. The number of aliphatic carboxylic acids is 1. The summed E-state index contributed by atoms with van der Waals surface area (Å²) in [5.41, 5.74) is -2.27. The smallest absolute Gasteiger partial charge is 0.412 e. The molecule has 1 aromatic rings. The van der Waals surface area contributed by atoms with Crippen LogP contribution in [0, 0.1) is 0 Å². The summed E-state index contributed by atoms with van der Waals surface area (Å²) in [4.78, 5) is 23.3. The van der Waals surface area contributed by atoms with Crippen molar-refractivity contribution in [2.24, 2.45) is 0 Å². The Balaban J connectivity index is 2.93. The monoisotopic (exact) mass is 387 g/mol. The second kappa shape index (κ2) is 8.93. The van der Waals surface area contributed by atoms with E-state index in [1.165, 1.54) is 38.5 Å². The minimum atomic E-state index is -1.80. The number of hydrogen-bond donors (Lipinski definition) is 2. The minimum absolute atomic E-state index is 0.224. The van der Waals surface area contributed by atoms with Crippen LogP contribution in [0.2, 0.25) is 0 Å². The van der Waals surface area contributed by atoms with Crippen molar-refractivity contribution in [1.82, 2.24) is 5.32 Å². The minimum Gasteiger partial charge on any atom is -0.479 e. The van der Waals surface area contributed by atoms with Gasteiger partial charge in [-0.2, -0.15) is 0 Å². The predicted molar refractivity (Wildman–Crippen MR) is 91.2 cm³/mol. The molecule has 1 atom stereocenters. The normalized spacial score (nSPS) is 13.1. The molecule has 9 nitrogen and oxygen atoms in total. The topological polar surface area (TPSA) is 120 Å². The third kappa shape index (κ3) is 6.25. The van der Waals surface area contributed by atoms with Gasteiger partial charge in [0.15, 0.2) is 6.04 Å². The number of alkyl carbamates (subject to hydrolysis) is 1. The lowest BCUT2D eigenvalue weighted by Crippen LogP contribution is -2.38. The number of ether oxygens (including phenoxy) is 4. The van der Waals surface area contributed by atoms with Crippen LogP contribution in [-0.4, -0.2) is 42.7 Å². The van der Waals surface area contributed by atoms with E-state index in [0.717, 1.165) is 0 Å². The van der Waals surface area contributed by atoms with E-state index >= 15 is 0 Å². The van der Waals surface area contributed by atoms with Gasteiger partial charge in [-0.1, -0.05) is 12.1 Å². The number of carbonyl (C=O) groups is 2. The van der Waals surface area contributed by atoms with Crippen LogP contribution >= 0.6 is 8.46 Å². The highest BCUT2D eigenvalue weighted by atomic mass is 31.1. The van der Waals surface area contributed by atoms with E-state index in [1.54, 1.807) is 20.8 Å². The van der Waals surface area contributed by atoms with Crippen molar-refractivity contribution in [2.45, 2.75) is 38.1 Å². The third-order valence-electron chi connectivity index (χ3n) is 3.00. The molecular formula is C16H22NO8P. The Morgan fingerprint density at radius 1 is 1.12 bits per heavy atom. The van der Waals surface area contributed by atoms with Crippen LogP contribution in [0.25, 0.3) is 0 Å². The Kier molecular flexibility index (Phi) is 7.50. The zero-order chi connectivity index (χ0) is 20.0. The number of benzene rings is 1. The lowest BCUT2D eigenvalue weighted by molar-refractivity contribution is -0.255. The van der Waals surface area contributed by atoms with Gasteiger partial charge in [-0.15, -0.1) is 0 Å². The van der Waals surface area contributed by atoms with Crippen molar-refractivity contribution in [1.29, 1.82) is 0 Å². The second-order valence-corrected chi connectivity index (χ2v) is 6.84. The Morgan fingerprint density at radius 2 is 1.65 bits per heavy atom. The fourth-order valence-electron chi connectivity index (χ4n) is 1.85. The van der Waals surface area contributed by atoms with Crippen LogP contribution in [0.1, 0.15) is 32.4 Å². The number of methoxy groups -OCH3 is 2. The molecule has 0 bridgehead atoms. The van der Waals surface area contributed by atoms with Gasteiger partial charge in [0.2, 0.25) is 0 Å². The number of carboxylic acid groups (broad SMARTS) is 1. The van der Waals surface area contributed by atoms with Crippen molar-refractivity contribution < 1.29 is 38.2 Å². The first-order chi connectivity index (χ1) is 12.1. The summed E-state index contributed by atoms with van der Waals surface area (Å²) in [6.07, 6.45) is -0.854. The molecule has 1 aromatic carbocycles. The Bertz CT molecular complexity index is 637. The summed E-state index contributed by atoms with van der Waals surface area (Å²) >= 11 is 0. The van der Waals surface area contributed by atoms with Gasteiger partial charge in [0.25, 0.3) is 8.46 Å². The molecule has 144 valence electrons. The van der Waals surface area contributed by atoms with Crippen molar-refractivity contribution in [2.75, 3.05) is 14.2 Å². The van der Waals surface area contributed by atoms with E-state index in [9.17, 15) is 19.3 Å². The average molecular weight is 387 g/mol. The highest BCUT2D eigenvalue weighted by molar-refractivity contribution is 7.25. The summed E-state index contributed by atoms with van der Waals surface area (Å²) in [6, 6.07) is 4.41. The SMILES string of the molecule is COC(OC)(Oc1ccc(C(NC(=O)OC(C)(C)C)C(=O)O)cc1)P=O. The summed E-state index contributed by atoms with van der Waals surface area (Å²) in [6.45, 7) is 5.01. The summed E-state index contributed by atoms with van der Waals surface area (Å²) < 4.78 is 31.4. The van der Waals surface area contributed by atoms with Gasteiger partial charge < -0.3 is 29.4 Å². The zero-order valence-electron chi connectivity index (χ0n) is 15.1. The molecule has 1 rings (SSSR count). The Morgan fingerprint density at radius 3 is 2.04 bits per heavy atom. The Labute approximate surface area is 152 Å². The van der Waals surface area contributed by atoms with E-state index in [2.05, 4.69) is 5.32 Å².